The molecule has 0 aromatic heterocycles. The molecule has 0 unspecified atom stereocenters. The molecule has 1 aliphatic carbocycles. The van der Waals surface area contributed by atoms with Gasteiger partial charge in [0, 0.05) is 37.1 Å². The molecule has 0 saturated carbocycles. The van der Waals surface area contributed by atoms with E-state index in [4.69, 9.17) is 9.47 Å². The first-order valence-corrected chi connectivity index (χ1v) is 13.9. The van der Waals surface area contributed by atoms with Crippen LogP contribution in [0.3, 0.4) is 0 Å². The molecule has 2 aliphatic rings. The summed E-state index contributed by atoms with van der Waals surface area (Å²) < 4.78 is 39.6. The summed E-state index contributed by atoms with van der Waals surface area (Å²) in [6.07, 6.45) is 4.19. The van der Waals surface area contributed by atoms with Crippen LogP contribution in [0, 0.1) is 11.6 Å². The number of fused-ring (bicyclic) bond motifs is 1. The van der Waals surface area contributed by atoms with Gasteiger partial charge in [-0.1, -0.05) is 37.3 Å². The lowest BCUT2D eigenvalue weighted by atomic mass is 9.86. The van der Waals surface area contributed by atoms with Crippen molar-refractivity contribution in [3.8, 4) is 0 Å². The number of halogens is 2. The Hall–Kier alpha value is -3.13. The van der Waals surface area contributed by atoms with Gasteiger partial charge in [0.05, 0.1) is 13.2 Å². The first-order chi connectivity index (χ1) is 18.9. The van der Waals surface area contributed by atoms with Gasteiger partial charge in [0.2, 0.25) is 0 Å². The van der Waals surface area contributed by atoms with Gasteiger partial charge in [-0.2, -0.15) is 0 Å². The average Bonchev–Trinajstić information content (AvgIpc) is 3.37. The summed E-state index contributed by atoms with van der Waals surface area (Å²) in [6, 6.07) is 17.4. The monoisotopic (exact) mass is 534 g/mol. The maximum atomic E-state index is 13.9. The van der Waals surface area contributed by atoms with Crippen LogP contribution in [0.4, 0.5) is 8.78 Å². The molecule has 206 valence electrons. The van der Waals surface area contributed by atoms with E-state index in [0.29, 0.717) is 56.7 Å². The third-order valence-corrected chi connectivity index (χ3v) is 7.66. The molecule has 0 bridgehead atoms. The summed E-state index contributed by atoms with van der Waals surface area (Å²) in [7, 11) is 0. The number of aryl methyl sites for hydroxylation is 2. The summed E-state index contributed by atoms with van der Waals surface area (Å²) in [4.78, 5) is 13.4. The zero-order chi connectivity index (χ0) is 27.2. The van der Waals surface area contributed by atoms with Crippen LogP contribution in [0.2, 0.25) is 0 Å². The Morgan fingerprint density at radius 2 is 1.72 bits per heavy atom. The SMILES string of the molecule is CCc1cccc(CNCC[C@@H](Cc2cc(F)cc(F)c2)NC(=O)c2ccc3c(c2)CC2(CC3)OCCO2)c1. The molecule has 1 saturated heterocycles. The number of carbonyl (C=O) groups is 1. The smallest absolute Gasteiger partial charge is 0.251 e. The van der Waals surface area contributed by atoms with Gasteiger partial charge in [-0.15, -0.1) is 0 Å². The molecule has 5 rings (SSSR count). The van der Waals surface area contributed by atoms with Crippen LogP contribution in [-0.2, 0) is 41.7 Å². The van der Waals surface area contributed by atoms with E-state index in [1.54, 1.807) is 0 Å². The zero-order valence-corrected chi connectivity index (χ0v) is 22.4. The second kappa shape index (κ2) is 12.4. The predicted octanol–water partition coefficient (Wildman–Crippen LogP) is 5.28. The summed E-state index contributed by atoms with van der Waals surface area (Å²) in [5.74, 6) is -2.02. The lowest BCUT2D eigenvalue weighted by molar-refractivity contribution is -0.163. The fraction of sp³-hybridized carbons (Fsp3) is 0.406. The van der Waals surface area contributed by atoms with E-state index < -0.39 is 17.4 Å². The van der Waals surface area contributed by atoms with Gasteiger partial charge in [0.15, 0.2) is 5.79 Å². The highest BCUT2D eigenvalue weighted by Crippen LogP contribution is 2.35. The number of rotatable bonds is 10. The predicted molar refractivity (Wildman–Crippen MR) is 147 cm³/mol. The van der Waals surface area contributed by atoms with Gasteiger partial charge in [-0.05, 0) is 84.3 Å². The highest BCUT2D eigenvalue weighted by atomic mass is 19.1. The highest BCUT2D eigenvalue weighted by Gasteiger charge is 2.39. The van der Waals surface area contributed by atoms with E-state index in [2.05, 4.69) is 41.8 Å². The number of ether oxygens (including phenoxy) is 2. The molecule has 1 spiro atoms. The van der Waals surface area contributed by atoms with Crippen molar-refractivity contribution in [1.29, 1.82) is 0 Å². The fourth-order valence-corrected chi connectivity index (χ4v) is 5.60. The number of nitrogens with one attached hydrogen (secondary N) is 2. The van der Waals surface area contributed by atoms with Crippen LogP contribution in [0.25, 0.3) is 0 Å². The first kappa shape index (κ1) is 27.4. The normalized spacial score (nSPS) is 16.7. The van der Waals surface area contributed by atoms with Gasteiger partial charge >= 0.3 is 0 Å². The fourth-order valence-electron chi connectivity index (χ4n) is 5.60. The molecule has 2 N–H and O–H groups in total. The lowest BCUT2D eigenvalue weighted by Crippen LogP contribution is -2.39. The van der Waals surface area contributed by atoms with Crippen molar-refractivity contribution >= 4 is 5.91 Å². The first-order valence-electron chi connectivity index (χ1n) is 13.9. The molecular weight excluding hydrogens is 498 g/mol. The van der Waals surface area contributed by atoms with Crippen molar-refractivity contribution in [3.05, 3.63) is 106 Å². The quantitative estimate of drug-likeness (QED) is 0.348. The Labute approximate surface area is 228 Å². The van der Waals surface area contributed by atoms with Gasteiger partial charge in [-0.25, -0.2) is 8.78 Å². The second-order valence-electron chi connectivity index (χ2n) is 10.6. The number of hydrogen-bond acceptors (Lipinski definition) is 4. The van der Waals surface area contributed by atoms with Gasteiger partial charge in [0.25, 0.3) is 5.91 Å². The number of benzene rings is 3. The van der Waals surface area contributed by atoms with Crippen LogP contribution < -0.4 is 10.6 Å². The van der Waals surface area contributed by atoms with Crippen LogP contribution >= 0.6 is 0 Å². The summed E-state index contributed by atoms with van der Waals surface area (Å²) in [5.41, 5.74) is 5.83. The molecule has 3 aromatic carbocycles. The molecule has 1 amide bonds. The van der Waals surface area contributed by atoms with Crippen molar-refractivity contribution in [2.45, 2.75) is 63.8 Å². The Balaban J connectivity index is 1.26. The minimum atomic E-state index is -0.621. The molecule has 3 aromatic rings. The maximum Gasteiger partial charge on any atom is 0.251 e. The van der Waals surface area contributed by atoms with Crippen LogP contribution in [0.15, 0.2) is 60.7 Å². The zero-order valence-electron chi connectivity index (χ0n) is 22.4. The van der Waals surface area contributed by atoms with E-state index in [1.165, 1.54) is 28.8 Å². The molecular formula is C32H36F2N2O3. The third-order valence-electron chi connectivity index (χ3n) is 7.66. The van der Waals surface area contributed by atoms with Crippen molar-refractivity contribution in [2.24, 2.45) is 0 Å². The highest BCUT2D eigenvalue weighted by molar-refractivity contribution is 5.94. The van der Waals surface area contributed by atoms with Crippen LogP contribution in [0.5, 0.6) is 0 Å². The van der Waals surface area contributed by atoms with Crippen molar-refractivity contribution in [2.75, 3.05) is 19.8 Å². The van der Waals surface area contributed by atoms with E-state index >= 15 is 0 Å². The Bertz CT molecular complexity index is 1290. The third kappa shape index (κ3) is 7.10. The number of amides is 1. The molecule has 1 atom stereocenters. The molecule has 0 radical (unpaired) electrons. The van der Waals surface area contributed by atoms with Crippen molar-refractivity contribution < 1.29 is 23.0 Å². The lowest BCUT2D eigenvalue weighted by Gasteiger charge is -2.33. The van der Waals surface area contributed by atoms with E-state index in [9.17, 15) is 13.6 Å². The number of carbonyl (C=O) groups excluding carboxylic acids is 1. The van der Waals surface area contributed by atoms with Crippen molar-refractivity contribution in [3.63, 3.8) is 0 Å². The standard InChI is InChI=1S/C32H36F2N2O3/c1-2-22-4-3-5-23(14-22)21-35-11-9-30(17-24-15-28(33)19-29(34)16-24)36-31(37)26-7-6-25-8-10-32(20-27(25)18-26)38-12-13-39-32/h3-7,14-16,18-19,30,35H,2,8-13,17,20-21H2,1H3,(H,36,37)/t30-/m0/s1. The van der Waals surface area contributed by atoms with Gasteiger partial charge in [0.1, 0.15) is 11.6 Å². The summed E-state index contributed by atoms with van der Waals surface area (Å²) >= 11 is 0. The van der Waals surface area contributed by atoms with E-state index in [0.717, 1.165) is 30.9 Å². The maximum absolute atomic E-state index is 13.9. The van der Waals surface area contributed by atoms with Gasteiger partial charge < -0.3 is 20.1 Å². The molecule has 1 heterocycles. The van der Waals surface area contributed by atoms with Crippen LogP contribution in [-0.4, -0.2) is 37.5 Å². The average molecular weight is 535 g/mol. The number of hydrogen-bond donors (Lipinski definition) is 2. The minimum absolute atomic E-state index is 0.205. The van der Waals surface area contributed by atoms with E-state index in [1.807, 2.05) is 18.2 Å². The summed E-state index contributed by atoms with van der Waals surface area (Å²) in [6.45, 7) is 4.66. The van der Waals surface area contributed by atoms with Crippen LogP contribution in [0.1, 0.15) is 57.9 Å². The molecule has 1 fully saturated rings. The van der Waals surface area contributed by atoms with E-state index in [-0.39, 0.29) is 11.9 Å². The molecule has 1 aliphatic heterocycles. The topological polar surface area (TPSA) is 59.6 Å². The second-order valence-corrected chi connectivity index (χ2v) is 10.6. The summed E-state index contributed by atoms with van der Waals surface area (Å²) in [5, 5.41) is 6.57. The Kier molecular flexibility index (Phi) is 8.70. The van der Waals surface area contributed by atoms with Crippen molar-refractivity contribution in [1.82, 2.24) is 10.6 Å². The molecule has 7 heteroatoms. The largest absolute Gasteiger partial charge is 0.349 e. The van der Waals surface area contributed by atoms with Gasteiger partial charge in [-0.3, -0.25) is 4.79 Å². The minimum Gasteiger partial charge on any atom is -0.349 e. The Morgan fingerprint density at radius 1 is 0.949 bits per heavy atom. The molecule has 39 heavy (non-hydrogen) atoms. The molecule has 5 nitrogen and oxygen atoms in total. The Morgan fingerprint density at radius 3 is 2.49 bits per heavy atom.